The van der Waals surface area contributed by atoms with Gasteiger partial charge in [-0.15, -0.1) is 0 Å². The molecule has 1 spiro atoms. The molecule has 4 nitrogen and oxygen atoms in total. The normalized spacial score (nSPS) is 50.7. The highest BCUT2D eigenvalue weighted by molar-refractivity contribution is 5.66. The molecule has 1 saturated heterocycles. The molecule has 0 N–H and O–H groups in total. The molecule has 4 saturated carbocycles. The summed E-state index contributed by atoms with van der Waals surface area (Å²) in [5, 5.41) is 0. The Morgan fingerprint density at radius 1 is 0.926 bits per heavy atom. The second-order valence-electron chi connectivity index (χ2n) is 10.6. The summed E-state index contributed by atoms with van der Waals surface area (Å²) >= 11 is 0. The van der Waals surface area contributed by atoms with E-state index < -0.39 is 0 Å². The fourth-order valence-electron chi connectivity index (χ4n) is 8.45. The van der Waals surface area contributed by atoms with E-state index in [1.165, 1.54) is 38.5 Å². The van der Waals surface area contributed by atoms with E-state index in [2.05, 4.69) is 13.8 Å². The maximum Gasteiger partial charge on any atom is 0.302 e. The molecule has 27 heavy (non-hydrogen) atoms. The third-order valence-corrected chi connectivity index (χ3v) is 9.75. The van der Waals surface area contributed by atoms with Crippen LogP contribution >= 0.6 is 0 Å². The van der Waals surface area contributed by atoms with E-state index in [4.69, 9.17) is 14.2 Å². The number of hydrogen-bond donors (Lipinski definition) is 0. The number of esters is 1. The van der Waals surface area contributed by atoms with Crippen molar-refractivity contribution in [3.63, 3.8) is 0 Å². The number of carbonyl (C=O) groups is 1. The molecule has 5 fully saturated rings. The van der Waals surface area contributed by atoms with E-state index in [0.29, 0.717) is 5.41 Å². The Morgan fingerprint density at radius 2 is 1.67 bits per heavy atom. The second kappa shape index (κ2) is 6.19. The summed E-state index contributed by atoms with van der Waals surface area (Å²) in [4.78, 5) is 11.4. The zero-order valence-electron chi connectivity index (χ0n) is 17.3. The zero-order chi connectivity index (χ0) is 18.9. The van der Waals surface area contributed by atoms with Crippen LogP contribution in [0.2, 0.25) is 0 Å². The Labute approximate surface area is 163 Å². The lowest BCUT2D eigenvalue weighted by atomic mass is 9.45. The van der Waals surface area contributed by atoms with Gasteiger partial charge >= 0.3 is 5.97 Å². The number of fused-ring (bicyclic) bond motifs is 6. The van der Waals surface area contributed by atoms with Crippen molar-refractivity contribution in [1.82, 2.24) is 0 Å². The van der Waals surface area contributed by atoms with Crippen LogP contribution in [0.4, 0.5) is 0 Å². The lowest BCUT2D eigenvalue weighted by molar-refractivity contribution is -0.248. The minimum Gasteiger partial charge on any atom is -0.463 e. The summed E-state index contributed by atoms with van der Waals surface area (Å²) in [5.41, 5.74) is 0.622. The molecule has 5 aliphatic rings. The molecule has 0 amide bonds. The number of rotatable bonds is 1. The highest BCUT2D eigenvalue weighted by Crippen LogP contribution is 2.69. The van der Waals surface area contributed by atoms with Crippen LogP contribution in [0.15, 0.2) is 0 Å². The van der Waals surface area contributed by atoms with Gasteiger partial charge in [0.2, 0.25) is 0 Å². The molecule has 0 aromatic carbocycles. The first-order valence-corrected chi connectivity index (χ1v) is 11.3. The monoisotopic (exact) mass is 376 g/mol. The summed E-state index contributed by atoms with van der Waals surface area (Å²) in [6, 6.07) is 0. The minimum absolute atomic E-state index is 0.112. The van der Waals surface area contributed by atoms with E-state index >= 15 is 0 Å². The van der Waals surface area contributed by atoms with Gasteiger partial charge in [-0.3, -0.25) is 4.79 Å². The minimum atomic E-state index is -0.284. The van der Waals surface area contributed by atoms with Crippen LogP contribution in [0, 0.1) is 34.5 Å². The van der Waals surface area contributed by atoms with Crippen molar-refractivity contribution in [2.24, 2.45) is 34.5 Å². The van der Waals surface area contributed by atoms with Gasteiger partial charge in [-0.25, -0.2) is 0 Å². The number of ether oxygens (including phenoxy) is 3. The number of carbonyl (C=O) groups excluding carboxylic acids is 1. The predicted molar refractivity (Wildman–Crippen MR) is 102 cm³/mol. The van der Waals surface area contributed by atoms with Crippen molar-refractivity contribution in [3.05, 3.63) is 0 Å². The van der Waals surface area contributed by atoms with Crippen LogP contribution in [0.3, 0.4) is 0 Å². The Balaban J connectivity index is 1.37. The molecule has 4 heteroatoms. The van der Waals surface area contributed by atoms with Crippen molar-refractivity contribution in [3.8, 4) is 0 Å². The second-order valence-corrected chi connectivity index (χ2v) is 10.6. The summed E-state index contributed by atoms with van der Waals surface area (Å²) < 4.78 is 18.1. The highest BCUT2D eigenvalue weighted by Gasteiger charge is 2.67. The molecular weight excluding hydrogens is 340 g/mol. The smallest absolute Gasteiger partial charge is 0.302 e. The molecule has 1 aliphatic heterocycles. The maximum absolute atomic E-state index is 11.4. The van der Waals surface area contributed by atoms with Crippen molar-refractivity contribution in [2.45, 2.75) is 90.4 Å². The van der Waals surface area contributed by atoms with Crippen LogP contribution in [-0.4, -0.2) is 31.1 Å². The molecule has 7 atom stereocenters. The molecule has 0 unspecified atom stereocenters. The topological polar surface area (TPSA) is 44.8 Å². The van der Waals surface area contributed by atoms with E-state index in [9.17, 15) is 4.79 Å². The average molecular weight is 377 g/mol. The van der Waals surface area contributed by atoms with E-state index in [-0.39, 0.29) is 23.3 Å². The van der Waals surface area contributed by atoms with Crippen molar-refractivity contribution in [2.75, 3.05) is 13.2 Å². The van der Waals surface area contributed by atoms with Gasteiger partial charge in [0.15, 0.2) is 5.79 Å². The first kappa shape index (κ1) is 18.4. The van der Waals surface area contributed by atoms with Gasteiger partial charge in [0.1, 0.15) is 6.10 Å². The molecule has 0 aromatic heterocycles. The van der Waals surface area contributed by atoms with E-state index in [0.717, 1.165) is 56.1 Å². The maximum atomic E-state index is 11.4. The summed E-state index contributed by atoms with van der Waals surface area (Å²) in [5.74, 6) is 2.71. The Kier molecular flexibility index (Phi) is 4.22. The van der Waals surface area contributed by atoms with Crippen molar-refractivity contribution in [1.29, 1.82) is 0 Å². The quantitative estimate of drug-likeness (QED) is 0.622. The molecular formula is C23H36O4. The lowest BCUT2D eigenvalue weighted by Crippen LogP contribution is -2.57. The van der Waals surface area contributed by atoms with Gasteiger partial charge in [0, 0.05) is 18.8 Å². The van der Waals surface area contributed by atoms with Crippen LogP contribution in [0.25, 0.3) is 0 Å². The van der Waals surface area contributed by atoms with Crippen molar-refractivity contribution >= 4 is 5.97 Å². The Morgan fingerprint density at radius 3 is 2.41 bits per heavy atom. The van der Waals surface area contributed by atoms with E-state index in [1.54, 1.807) is 6.92 Å². The first-order chi connectivity index (χ1) is 12.9. The third kappa shape index (κ3) is 2.51. The van der Waals surface area contributed by atoms with E-state index in [1.807, 2.05) is 0 Å². The molecule has 0 radical (unpaired) electrons. The largest absolute Gasteiger partial charge is 0.463 e. The van der Waals surface area contributed by atoms with Gasteiger partial charge in [-0.05, 0) is 80.5 Å². The molecule has 0 aromatic rings. The van der Waals surface area contributed by atoms with Crippen LogP contribution in [-0.2, 0) is 19.0 Å². The SMILES string of the molecule is CC(=O)O[C@H]1CC[C@@]2(C)[C@@H](CC[C@H]3[C@H]2CC[C@@]2(C)[C@@H]3CCC23OCCO3)C1. The van der Waals surface area contributed by atoms with Gasteiger partial charge in [0.05, 0.1) is 13.2 Å². The first-order valence-electron chi connectivity index (χ1n) is 11.3. The number of hydrogen-bond acceptors (Lipinski definition) is 4. The fourth-order valence-corrected chi connectivity index (χ4v) is 8.45. The third-order valence-electron chi connectivity index (χ3n) is 9.75. The van der Waals surface area contributed by atoms with Gasteiger partial charge < -0.3 is 14.2 Å². The van der Waals surface area contributed by atoms with Crippen LogP contribution < -0.4 is 0 Å². The summed E-state index contributed by atoms with van der Waals surface area (Å²) in [7, 11) is 0. The standard InChI is InChI=1S/C23H36O4/c1-15(24)27-17-6-9-21(2)16(14-17)4-5-18-19(21)7-10-22(3)20(18)8-11-23(22)25-12-13-26-23/h16-20H,4-14H2,1-3H3/t16-,17-,18-,19+,20+,21-,22-/m0/s1. The molecule has 0 bridgehead atoms. The van der Waals surface area contributed by atoms with Crippen LogP contribution in [0.1, 0.15) is 78.6 Å². The Bertz CT molecular complexity index is 611. The van der Waals surface area contributed by atoms with Crippen molar-refractivity contribution < 1.29 is 19.0 Å². The zero-order valence-corrected chi connectivity index (χ0v) is 17.3. The summed E-state index contributed by atoms with van der Waals surface area (Å²) in [6.07, 6.45) is 11.1. The van der Waals surface area contributed by atoms with Crippen LogP contribution in [0.5, 0.6) is 0 Å². The molecule has 1 heterocycles. The lowest BCUT2D eigenvalue weighted by Gasteiger charge is -2.61. The molecule has 4 aliphatic carbocycles. The van der Waals surface area contributed by atoms with Gasteiger partial charge in [0.25, 0.3) is 0 Å². The molecule has 152 valence electrons. The average Bonchev–Trinajstić information content (AvgIpc) is 3.21. The van der Waals surface area contributed by atoms with Gasteiger partial charge in [-0.2, -0.15) is 0 Å². The molecule has 5 rings (SSSR count). The predicted octanol–water partition coefficient (Wildman–Crippen LogP) is 4.70. The Hall–Kier alpha value is -0.610. The summed E-state index contributed by atoms with van der Waals surface area (Å²) in [6.45, 7) is 8.13. The fraction of sp³-hybridized carbons (Fsp3) is 0.957. The highest BCUT2D eigenvalue weighted by atomic mass is 16.7. The van der Waals surface area contributed by atoms with Gasteiger partial charge in [-0.1, -0.05) is 13.8 Å².